The zero-order valence-electron chi connectivity index (χ0n) is 14.4. The van der Waals surface area contributed by atoms with Gasteiger partial charge in [0.2, 0.25) is 0 Å². The van der Waals surface area contributed by atoms with E-state index in [9.17, 15) is 8.42 Å². The molecule has 0 spiro atoms. The Bertz CT molecular complexity index is 714. The van der Waals surface area contributed by atoms with Gasteiger partial charge in [0.1, 0.15) is 0 Å². The molecule has 1 aromatic heterocycles. The number of ether oxygens (including phenoxy) is 1. The Labute approximate surface area is 148 Å². The van der Waals surface area contributed by atoms with Gasteiger partial charge < -0.3 is 9.64 Å². The van der Waals surface area contributed by atoms with E-state index in [4.69, 9.17) is 4.74 Å². The zero-order chi connectivity index (χ0) is 17.3. The topological polar surface area (TPSA) is 87.7 Å². The van der Waals surface area contributed by atoms with Gasteiger partial charge in [-0.3, -0.25) is 0 Å². The van der Waals surface area contributed by atoms with E-state index in [2.05, 4.69) is 25.9 Å². The smallest absolute Gasteiger partial charge is 0.279 e. The lowest BCUT2D eigenvalue weighted by Crippen LogP contribution is -2.54. The molecule has 3 heterocycles. The standard InChI is InChI=1S/C16H25N5O3S/c22-25(23,21-5-7-24-8-6-21)17-10-13-11-20(12-13)16-9-14-3-1-2-4-15(14)18-19-16/h9,13,17H,1-8,10-12H2. The van der Waals surface area contributed by atoms with Crippen molar-refractivity contribution in [3.63, 3.8) is 0 Å². The zero-order valence-corrected chi connectivity index (χ0v) is 15.2. The Morgan fingerprint density at radius 3 is 2.72 bits per heavy atom. The molecular weight excluding hydrogens is 342 g/mol. The number of aromatic nitrogens is 2. The van der Waals surface area contributed by atoms with Gasteiger partial charge in [-0.25, -0.2) is 4.72 Å². The summed E-state index contributed by atoms with van der Waals surface area (Å²) < 4.78 is 33.9. The van der Waals surface area contributed by atoms with E-state index < -0.39 is 10.2 Å². The van der Waals surface area contributed by atoms with Crippen molar-refractivity contribution in [2.45, 2.75) is 25.7 Å². The molecule has 2 aliphatic heterocycles. The summed E-state index contributed by atoms with van der Waals surface area (Å²) in [5.41, 5.74) is 2.47. The highest BCUT2D eigenvalue weighted by Crippen LogP contribution is 2.26. The van der Waals surface area contributed by atoms with Crippen molar-refractivity contribution < 1.29 is 13.2 Å². The van der Waals surface area contributed by atoms with Gasteiger partial charge in [-0.15, -0.1) is 5.10 Å². The quantitative estimate of drug-likeness (QED) is 0.786. The molecule has 4 rings (SSSR count). The van der Waals surface area contributed by atoms with E-state index in [-0.39, 0.29) is 0 Å². The lowest BCUT2D eigenvalue weighted by Gasteiger charge is -2.40. The first kappa shape index (κ1) is 17.1. The summed E-state index contributed by atoms with van der Waals surface area (Å²) in [6, 6.07) is 2.16. The fraction of sp³-hybridized carbons (Fsp3) is 0.750. The number of rotatable bonds is 5. The van der Waals surface area contributed by atoms with Crippen LogP contribution in [0.1, 0.15) is 24.1 Å². The summed E-state index contributed by atoms with van der Waals surface area (Å²) in [7, 11) is -3.39. The van der Waals surface area contributed by atoms with Crippen molar-refractivity contribution in [3.8, 4) is 0 Å². The number of hydrogen-bond donors (Lipinski definition) is 1. The highest BCUT2D eigenvalue weighted by atomic mass is 32.2. The molecule has 0 aromatic carbocycles. The highest BCUT2D eigenvalue weighted by molar-refractivity contribution is 7.87. The third kappa shape index (κ3) is 3.79. The lowest BCUT2D eigenvalue weighted by atomic mass is 9.96. The second-order valence-electron chi connectivity index (χ2n) is 7.02. The summed E-state index contributed by atoms with van der Waals surface area (Å²) in [6.07, 6.45) is 4.56. The number of fused-ring (bicyclic) bond motifs is 1. The molecule has 1 aromatic rings. The van der Waals surface area contributed by atoms with Crippen molar-refractivity contribution in [3.05, 3.63) is 17.3 Å². The minimum Gasteiger partial charge on any atom is -0.379 e. The molecule has 0 amide bonds. The normalized spacial score (nSPS) is 22.5. The first-order valence-electron chi connectivity index (χ1n) is 9.05. The van der Waals surface area contributed by atoms with Crippen LogP contribution in [0.15, 0.2) is 6.07 Å². The van der Waals surface area contributed by atoms with Crippen LogP contribution in [0.25, 0.3) is 0 Å². The first-order valence-corrected chi connectivity index (χ1v) is 10.5. The van der Waals surface area contributed by atoms with Crippen molar-refractivity contribution in [1.29, 1.82) is 0 Å². The molecule has 0 radical (unpaired) electrons. The minimum atomic E-state index is -3.39. The Kier molecular flexibility index (Phi) is 4.90. The van der Waals surface area contributed by atoms with Gasteiger partial charge >= 0.3 is 0 Å². The Hall–Kier alpha value is -1.29. The first-order chi connectivity index (χ1) is 12.1. The molecule has 2 saturated heterocycles. The molecule has 0 bridgehead atoms. The molecular formula is C16H25N5O3S. The maximum absolute atomic E-state index is 12.3. The van der Waals surface area contributed by atoms with E-state index in [1.165, 1.54) is 22.7 Å². The summed E-state index contributed by atoms with van der Waals surface area (Å²) in [5.74, 6) is 1.24. The number of morpholine rings is 1. The monoisotopic (exact) mass is 367 g/mol. The van der Waals surface area contributed by atoms with Gasteiger partial charge in [-0.1, -0.05) is 0 Å². The number of anilines is 1. The Morgan fingerprint density at radius 1 is 1.16 bits per heavy atom. The molecule has 138 valence electrons. The third-order valence-electron chi connectivity index (χ3n) is 5.20. The maximum atomic E-state index is 12.3. The lowest BCUT2D eigenvalue weighted by molar-refractivity contribution is 0.0724. The van der Waals surface area contributed by atoms with Gasteiger partial charge in [0.15, 0.2) is 5.82 Å². The molecule has 2 fully saturated rings. The van der Waals surface area contributed by atoms with Crippen LogP contribution in [0.5, 0.6) is 0 Å². The average Bonchev–Trinajstić information content (AvgIpc) is 2.61. The average molecular weight is 367 g/mol. The van der Waals surface area contributed by atoms with Crippen molar-refractivity contribution in [2.24, 2.45) is 5.92 Å². The molecule has 25 heavy (non-hydrogen) atoms. The van der Waals surface area contributed by atoms with E-state index in [1.54, 1.807) is 0 Å². The fourth-order valence-electron chi connectivity index (χ4n) is 3.62. The summed E-state index contributed by atoms with van der Waals surface area (Å²) in [6.45, 7) is 3.89. The van der Waals surface area contributed by atoms with Crippen LogP contribution in [-0.4, -0.2) is 68.9 Å². The van der Waals surface area contributed by atoms with Crippen LogP contribution in [0.3, 0.4) is 0 Å². The SMILES string of the molecule is O=S(=O)(NCC1CN(c2cc3c(nn2)CCCC3)C1)N1CCOCC1. The van der Waals surface area contributed by atoms with E-state index >= 15 is 0 Å². The van der Waals surface area contributed by atoms with Crippen molar-refractivity contribution in [2.75, 3.05) is 50.8 Å². The largest absolute Gasteiger partial charge is 0.379 e. The highest BCUT2D eigenvalue weighted by Gasteiger charge is 2.31. The van der Waals surface area contributed by atoms with Crippen molar-refractivity contribution >= 4 is 16.0 Å². The van der Waals surface area contributed by atoms with E-state index in [0.717, 1.165) is 37.4 Å². The molecule has 9 heteroatoms. The number of nitrogens with zero attached hydrogens (tertiary/aromatic N) is 4. The van der Waals surface area contributed by atoms with Gasteiger partial charge in [-0.05, 0) is 37.3 Å². The van der Waals surface area contributed by atoms with Gasteiger partial charge in [-0.2, -0.15) is 17.8 Å². The maximum Gasteiger partial charge on any atom is 0.279 e. The summed E-state index contributed by atoms with van der Waals surface area (Å²) >= 11 is 0. The molecule has 1 N–H and O–H groups in total. The van der Waals surface area contributed by atoms with Crippen LogP contribution in [0, 0.1) is 5.92 Å². The summed E-state index contributed by atoms with van der Waals surface area (Å²) in [4.78, 5) is 2.18. The van der Waals surface area contributed by atoms with Gasteiger partial charge in [0.05, 0.1) is 18.9 Å². The fourth-order valence-corrected chi connectivity index (χ4v) is 4.88. The van der Waals surface area contributed by atoms with E-state index in [1.807, 2.05) is 0 Å². The molecule has 0 unspecified atom stereocenters. The Morgan fingerprint density at radius 2 is 1.92 bits per heavy atom. The Balaban J connectivity index is 1.28. The van der Waals surface area contributed by atoms with E-state index in [0.29, 0.717) is 38.8 Å². The van der Waals surface area contributed by atoms with Crippen molar-refractivity contribution in [1.82, 2.24) is 19.2 Å². The molecule has 8 nitrogen and oxygen atoms in total. The minimum absolute atomic E-state index is 0.314. The number of hydrogen-bond acceptors (Lipinski definition) is 6. The summed E-state index contributed by atoms with van der Waals surface area (Å²) in [5, 5.41) is 8.72. The second-order valence-corrected chi connectivity index (χ2v) is 8.77. The van der Waals surface area contributed by atoms with Crippen LogP contribution in [0.2, 0.25) is 0 Å². The van der Waals surface area contributed by atoms with Gasteiger partial charge in [0, 0.05) is 38.6 Å². The van der Waals surface area contributed by atoms with Crippen LogP contribution in [-0.2, 0) is 27.8 Å². The molecule has 0 atom stereocenters. The molecule has 0 saturated carbocycles. The van der Waals surface area contributed by atoms with Gasteiger partial charge in [0.25, 0.3) is 10.2 Å². The predicted octanol–water partition coefficient (Wildman–Crippen LogP) is -0.0418. The number of aryl methyl sites for hydroxylation is 2. The van der Waals surface area contributed by atoms with Crippen LogP contribution in [0.4, 0.5) is 5.82 Å². The van der Waals surface area contributed by atoms with Crippen LogP contribution < -0.4 is 9.62 Å². The third-order valence-corrected chi connectivity index (χ3v) is 6.78. The number of nitrogens with one attached hydrogen (secondary N) is 1. The van der Waals surface area contributed by atoms with Crippen LogP contribution >= 0.6 is 0 Å². The molecule has 1 aliphatic carbocycles. The predicted molar refractivity (Wildman–Crippen MR) is 93.7 cm³/mol. The second kappa shape index (κ2) is 7.14. The molecule has 3 aliphatic rings.